The minimum Gasteiger partial charge on any atom is -0.482 e. The molecule has 0 bridgehead atoms. The first-order chi connectivity index (χ1) is 15.7. The molecule has 0 aliphatic heterocycles. The van der Waals surface area contributed by atoms with Crippen LogP contribution in [0.4, 0.5) is 17.6 Å². The summed E-state index contributed by atoms with van der Waals surface area (Å²) in [4.78, 5) is 11.2. The van der Waals surface area contributed by atoms with Gasteiger partial charge in [0.2, 0.25) is 10.0 Å². The van der Waals surface area contributed by atoms with Gasteiger partial charge in [-0.05, 0) is 75.4 Å². The molecule has 0 saturated carbocycles. The van der Waals surface area contributed by atoms with Crippen molar-refractivity contribution in [3.05, 3.63) is 58.9 Å². The molecule has 1 aliphatic rings. The molecule has 2 aromatic rings. The Labute approximate surface area is 195 Å². The van der Waals surface area contributed by atoms with Crippen molar-refractivity contribution in [3.63, 3.8) is 0 Å². The molecule has 0 fully saturated rings. The number of benzene rings is 2. The molecule has 0 spiro atoms. The van der Waals surface area contributed by atoms with Crippen LogP contribution in [0.5, 0.6) is 5.75 Å². The molecule has 0 aromatic heterocycles. The Hall–Kier alpha value is -2.66. The second-order valence-electron chi connectivity index (χ2n) is 8.94. The molecule has 186 valence electrons. The van der Waals surface area contributed by atoms with Gasteiger partial charge in [0.25, 0.3) is 0 Å². The predicted octanol–water partition coefficient (Wildman–Crippen LogP) is 4.92. The van der Waals surface area contributed by atoms with E-state index in [1.54, 1.807) is 39.0 Å². The quantitative estimate of drug-likeness (QED) is 0.447. The monoisotopic (exact) mass is 503 g/mol. The van der Waals surface area contributed by atoms with E-state index in [-0.39, 0.29) is 12.7 Å². The molecule has 0 heterocycles. The maximum atomic E-state index is 13.8. The Morgan fingerprint density at radius 1 is 1.15 bits per heavy atom. The van der Waals surface area contributed by atoms with E-state index >= 15 is 0 Å². The lowest BCUT2D eigenvalue weighted by molar-refractivity contribution is -0.157. The van der Waals surface area contributed by atoms with Gasteiger partial charge in [-0.15, -0.1) is 0 Å². The smallest absolute Gasteiger partial charge is 0.416 e. The van der Waals surface area contributed by atoms with Crippen molar-refractivity contribution >= 4 is 16.0 Å². The number of ether oxygens (including phenoxy) is 2. The number of carbonyl (C=O) groups excluding carboxylic acids is 1. The first-order valence-electron chi connectivity index (χ1n) is 10.5. The van der Waals surface area contributed by atoms with Gasteiger partial charge in [-0.25, -0.2) is 22.3 Å². The van der Waals surface area contributed by atoms with E-state index in [1.807, 2.05) is 0 Å². The number of carbonyl (C=O) groups is 1. The highest BCUT2D eigenvalue weighted by atomic mass is 32.2. The lowest BCUT2D eigenvalue weighted by atomic mass is 9.87. The van der Waals surface area contributed by atoms with Crippen molar-refractivity contribution in [2.24, 2.45) is 0 Å². The van der Waals surface area contributed by atoms with Gasteiger partial charge in [-0.3, -0.25) is 0 Å². The zero-order valence-corrected chi connectivity index (χ0v) is 19.6. The molecule has 6 nitrogen and oxygen atoms in total. The van der Waals surface area contributed by atoms with E-state index < -0.39 is 50.1 Å². The number of fused-ring (bicyclic) bond motifs is 1. The number of esters is 1. The highest BCUT2D eigenvalue weighted by Crippen LogP contribution is 2.37. The Bertz CT molecular complexity index is 1170. The number of alkyl halides is 3. The molecule has 0 amide bonds. The van der Waals surface area contributed by atoms with Gasteiger partial charge < -0.3 is 9.47 Å². The van der Waals surface area contributed by atoms with Gasteiger partial charge in [0.15, 0.2) is 6.61 Å². The molecule has 1 atom stereocenters. The lowest BCUT2D eigenvalue weighted by Gasteiger charge is -2.28. The summed E-state index contributed by atoms with van der Waals surface area (Å²) in [5, 5.41) is 0. The van der Waals surface area contributed by atoms with Crippen LogP contribution in [0.15, 0.2) is 41.3 Å². The van der Waals surface area contributed by atoms with Crippen LogP contribution in [0.3, 0.4) is 0 Å². The molecule has 1 N–H and O–H groups in total. The van der Waals surface area contributed by atoms with Crippen molar-refractivity contribution in [2.75, 3.05) is 6.61 Å². The van der Waals surface area contributed by atoms with Gasteiger partial charge in [-0.2, -0.15) is 13.2 Å². The van der Waals surface area contributed by atoms with Gasteiger partial charge in [0.1, 0.15) is 17.2 Å². The van der Waals surface area contributed by atoms with E-state index in [4.69, 9.17) is 9.47 Å². The van der Waals surface area contributed by atoms with Gasteiger partial charge in [0.05, 0.1) is 10.5 Å². The van der Waals surface area contributed by atoms with Crippen LogP contribution in [0.25, 0.3) is 0 Å². The van der Waals surface area contributed by atoms with Crippen LogP contribution in [0, 0.1) is 5.82 Å². The highest BCUT2D eigenvalue weighted by Gasteiger charge is 2.34. The summed E-state index contributed by atoms with van der Waals surface area (Å²) in [5.74, 6) is -1.49. The van der Waals surface area contributed by atoms with Gasteiger partial charge in [0, 0.05) is 6.04 Å². The number of hydrogen-bond donors (Lipinski definition) is 1. The summed E-state index contributed by atoms with van der Waals surface area (Å²) in [7, 11) is -4.47. The molecule has 1 aliphatic carbocycles. The van der Waals surface area contributed by atoms with E-state index in [9.17, 15) is 30.8 Å². The molecule has 1 unspecified atom stereocenters. The van der Waals surface area contributed by atoms with Crippen molar-refractivity contribution in [1.29, 1.82) is 0 Å². The van der Waals surface area contributed by atoms with Crippen molar-refractivity contribution < 1.29 is 40.2 Å². The van der Waals surface area contributed by atoms with Crippen LogP contribution < -0.4 is 9.46 Å². The van der Waals surface area contributed by atoms with Crippen LogP contribution in [-0.4, -0.2) is 26.6 Å². The number of halogens is 4. The normalized spacial score (nSPS) is 16.6. The fraction of sp³-hybridized carbons (Fsp3) is 0.435. The third-order valence-electron chi connectivity index (χ3n) is 5.04. The maximum Gasteiger partial charge on any atom is 0.416 e. The zero-order chi connectivity index (χ0) is 25.3. The van der Waals surface area contributed by atoms with Crippen molar-refractivity contribution in [2.45, 2.75) is 62.7 Å². The molecular formula is C23H25F4NO5S. The molecule has 0 radical (unpaired) electrons. The lowest BCUT2D eigenvalue weighted by Crippen LogP contribution is -2.31. The minimum atomic E-state index is -4.90. The van der Waals surface area contributed by atoms with Crippen molar-refractivity contribution in [3.8, 4) is 5.75 Å². The van der Waals surface area contributed by atoms with Crippen LogP contribution in [0.2, 0.25) is 0 Å². The Morgan fingerprint density at radius 2 is 1.85 bits per heavy atom. The number of sulfonamides is 1. The van der Waals surface area contributed by atoms with E-state index in [2.05, 4.69) is 4.72 Å². The first-order valence-corrected chi connectivity index (χ1v) is 12.0. The molecule has 0 saturated heterocycles. The van der Waals surface area contributed by atoms with E-state index in [1.165, 1.54) is 0 Å². The Kier molecular flexibility index (Phi) is 7.28. The largest absolute Gasteiger partial charge is 0.482 e. The van der Waals surface area contributed by atoms with Crippen molar-refractivity contribution in [1.82, 2.24) is 4.72 Å². The maximum absolute atomic E-state index is 13.8. The third kappa shape index (κ3) is 6.47. The molecule has 2 aromatic carbocycles. The Balaban J connectivity index is 1.83. The highest BCUT2D eigenvalue weighted by molar-refractivity contribution is 7.89. The van der Waals surface area contributed by atoms with Crippen LogP contribution in [-0.2, 0) is 32.2 Å². The number of nitrogens with one attached hydrogen (secondary N) is 1. The zero-order valence-electron chi connectivity index (χ0n) is 18.8. The Morgan fingerprint density at radius 3 is 2.50 bits per heavy atom. The molecular weight excluding hydrogens is 478 g/mol. The predicted molar refractivity (Wildman–Crippen MR) is 115 cm³/mol. The van der Waals surface area contributed by atoms with Crippen LogP contribution >= 0.6 is 0 Å². The van der Waals surface area contributed by atoms with E-state index in [0.717, 1.165) is 0 Å². The molecule has 3 rings (SSSR count). The number of rotatable bonds is 6. The molecule has 11 heteroatoms. The van der Waals surface area contributed by atoms with Gasteiger partial charge in [-0.1, -0.05) is 12.1 Å². The fourth-order valence-electron chi connectivity index (χ4n) is 3.72. The minimum absolute atomic E-state index is 0.239. The third-order valence-corrected chi connectivity index (χ3v) is 6.49. The molecule has 34 heavy (non-hydrogen) atoms. The van der Waals surface area contributed by atoms with Gasteiger partial charge >= 0.3 is 12.1 Å². The van der Waals surface area contributed by atoms with Crippen LogP contribution in [0.1, 0.15) is 56.3 Å². The summed E-state index contributed by atoms with van der Waals surface area (Å²) in [5.41, 5.74) is -0.818. The summed E-state index contributed by atoms with van der Waals surface area (Å²) in [6, 6.07) is 5.36. The average Bonchev–Trinajstić information content (AvgIpc) is 2.70. The fourth-order valence-corrected chi connectivity index (χ4v) is 5.02. The summed E-state index contributed by atoms with van der Waals surface area (Å²) in [6.07, 6.45) is -3.41. The number of hydrogen-bond acceptors (Lipinski definition) is 5. The van der Waals surface area contributed by atoms with E-state index in [0.29, 0.717) is 48.3 Å². The second-order valence-corrected chi connectivity index (χ2v) is 10.7. The second kappa shape index (κ2) is 9.53. The standard InChI is InChI=1S/C23H25F4NO5S/c1-22(2,3)33-21(29)13-32-20-9-5-6-17-18(20)7-4-8-19(17)28-34(30,31)16-11-14(23(25,26)27)10-15(24)12-16/h5-6,9-12,19,28H,4,7-8,13H2,1-3H3. The summed E-state index contributed by atoms with van der Waals surface area (Å²) >= 11 is 0. The first kappa shape index (κ1) is 26.0. The summed E-state index contributed by atoms with van der Waals surface area (Å²) < 4.78 is 91.7. The topological polar surface area (TPSA) is 81.7 Å². The summed E-state index contributed by atoms with van der Waals surface area (Å²) in [6.45, 7) is 4.83. The average molecular weight is 504 g/mol. The SMILES string of the molecule is CC(C)(C)OC(=O)COc1cccc2c1CCCC2NS(=O)(=O)c1cc(F)cc(C(F)(F)F)c1.